The predicted octanol–water partition coefficient (Wildman–Crippen LogP) is 2.32. The van der Waals surface area contributed by atoms with E-state index in [1.165, 1.54) is 6.42 Å². The van der Waals surface area contributed by atoms with E-state index in [1.807, 2.05) is 13.0 Å². The lowest BCUT2D eigenvalue weighted by atomic mass is 9.88. The molecule has 0 aromatic carbocycles. The molecule has 0 aromatic heterocycles. The molecule has 1 nitrogen and oxygen atoms in total. The zero-order chi connectivity index (χ0) is 7.40. The van der Waals surface area contributed by atoms with Gasteiger partial charge in [0.05, 0.1) is 0 Å². The lowest BCUT2D eigenvalue weighted by molar-refractivity contribution is -0.121. The molecule has 1 aliphatic rings. The third-order valence-electron chi connectivity index (χ3n) is 1.99. The number of carbonyl (C=O) groups is 1. The van der Waals surface area contributed by atoms with Gasteiger partial charge in [-0.2, -0.15) is 0 Å². The van der Waals surface area contributed by atoms with Gasteiger partial charge >= 0.3 is 0 Å². The molecule has 1 aliphatic carbocycles. The first-order valence-corrected chi connectivity index (χ1v) is 3.97. The van der Waals surface area contributed by atoms with E-state index in [-0.39, 0.29) is 0 Å². The summed E-state index contributed by atoms with van der Waals surface area (Å²) in [6.07, 6.45) is 8.09. The van der Waals surface area contributed by atoms with Gasteiger partial charge in [-0.1, -0.05) is 12.2 Å². The Morgan fingerprint density at radius 1 is 1.60 bits per heavy atom. The molecule has 0 unspecified atom stereocenters. The summed E-state index contributed by atoms with van der Waals surface area (Å²) >= 11 is 0. The summed E-state index contributed by atoms with van der Waals surface area (Å²) < 4.78 is 0. The number of hydrogen-bond donors (Lipinski definition) is 0. The molecule has 0 aliphatic heterocycles. The van der Waals surface area contributed by atoms with Gasteiger partial charge in [-0.25, -0.2) is 0 Å². The van der Waals surface area contributed by atoms with Gasteiger partial charge in [0.15, 0.2) is 0 Å². The molecule has 0 aromatic rings. The molecular weight excluding hydrogens is 124 g/mol. The van der Waals surface area contributed by atoms with Crippen molar-refractivity contribution in [2.24, 2.45) is 5.92 Å². The summed E-state index contributed by atoms with van der Waals surface area (Å²) in [5.41, 5.74) is 0. The highest BCUT2D eigenvalue weighted by atomic mass is 16.1. The van der Waals surface area contributed by atoms with Crippen LogP contribution in [-0.4, -0.2) is 5.78 Å². The molecule has 56 valence electrons. The van der Waals surface area contributed by atoms with Crippen LogP contribution in [0.2, 0.25) is 0 Å². The molecule has 10 heavy (non-hydrogen) atoms. The minimum atomic E-state index is 0.439. The fourth-order valence-corrected chi connectivity index (χ4v) is 1.49. The summed E-state index contributed by atoms with van der Waals surface area (Å²) in [4.78, 5) is 10.9. The molecule has 0 saturated heterocycles. The van der Waals surface area contributed by atoms with E-state index in [4.69, 9.17) is 0 Å². The van der Waals surface area contributed by atoms with Gasteiger partial charge in [-0.15, -0.1) is 0 Å². The fourth-order valence-electron chi connectivity index (χ4n) is 1.49. The number of ketones is 1. The minimum Gasteiger partial charge on any atom is -0.300 e. The minimum absolute atomic E-state index is 0.439. The first kappa shape index (κ1) is 7.52. The Labute approximate surface area is 62.1 Å². The predicted molar refractivity (Wildman–Crippen MR) is 41.8 cm³/mol. The highest BCUT2D eigenvalue weighted by Crippen LogP contribution is 2.21. The van der Waals surface area contributed by atoms with Crippen molar-refractivity contribution >= 4 is 5.78 Å². The molecule has 0 bridgehead atoms. The van der Waals surface area contributed by atoms with Crippen molar-refractivity contribution in [3.8, 4) is 0 Å². The van der Waals surface area contributed by atoms with Crippen LogP contribution in [0.5, 0.6) is 0 Å². The van der Waals surface area contributed by atoms with Gasteiger partial charge in [0, 0.05) is 12.8 Å². The molecule has 0 amide bonds. The molecule has 1 fully saturated rings. The van der Waals surface area contributed by atoms with Crippen LogP contribution in [-0.2, 0) is 4.79 Å². The maximum atomic E-state index is 10.9. The molecular formula is C9H14O. The Balaban J connectivity index is 2.39. The van der Waals surface area contributed by atoms with Crippen LogP contribution < -0.4 is 0 Å². The average molecular weight is 138 g/mol. The zero-order valence-corrected chi connectivity index (χ0v) is 6.47. The standard InChI is InChI=1S/C9H14O/c1-2-4-8-5-3-6-9(10)7-8/h2,4,8H,3,5-7H2,1H3/b4-2+/t8-/m1/s1. The van der Waals surface area contributed by atoms with Gasteiger partial charge in [-0.05, 0) is 25.7 Å². The van der Waals surface area contributed by atoms with Crippen LogP contribution >= 0.6 is 0 Å². The first-order valence-electron chi connectivity index (χ1n) is 3.97. The third kappa shape index (κ3) is 1.98. The Morgan fingerprint density at radius 2 is 2.40 bits per heavy atom. The monoisotopic (exact) mass is 138 g/mol. The Hall–Kier alpha value is -0.590. The van der Waals surface area contributed by atoms with Crippen LogP contribution in [0, 0.1) is 5.92 Å². The average Bonchev–Trinajstić information content (AvgIpc) is 1.88. The maximum Gasteiger partial charge on any atom is 0.133 e. The topological polar surface area (TPSA) is 17.1 Å². The Bertz CT molecular complexity index is 147. The van der Waals surface area contributed by atoms with Crippen LogP contribution in [0.25, 0.3) is 0 Å². The Kier molecular flexibility index (Phi) is 2.67. The fraction of sp³-hybridized carbons (Fsp3) is 0.667. The van der Waals surface area contributed by atoms with Crippen LogP contribution in [0.4, 0.5) is 0 Å². The quantitative estimate of drug-likeness (QED) is 0.508. The molecule has 0 radical (unpaired) electrons. The SMILES string of the molecule is C/C=C/[C@@H]1CCCC(=O)C1. The summed E-state index contributed by atoms with van der Waals surface area (Å²) in [5, 5.41) is 0. The second kappa shape index (κ2) is 3.55. The Morgan fingerprint density at radius 3 is 3.00 bits per heavy atom. The van der Waals surface area contributed by atoms with Crippen molar-refractivity contribution in [1.29, 1.82) is 0 Å². The van der Waals surface area contributed by atoms with Gasteiger partial charge in [0.1, 0.15) is 5.78 Å². The largest absolute Gasteiger partial charge is 0.300 e. The number of Topliss-reactive ketones (excluding diaryl/α,β-unsaturated/α-hetero) is 1. The van der Waals surface area contributed by atoms with E-state index in [0.717, 1.165) is 19.3 Å². The summed E-state index contributed by atoms with van der Waals surface area (Å²) in [5.74, 6) is 0.987. The van der Waals surface area contributed by atoms with Gasteiger partial charge in [-0.3, -0.25) is 4.79 Å². The summed E-state index contributed by atoms with van der Waals surface area (Å²) in [6.45, 7) is 2.01. The van der Waals surface area contributed by atoms with Crippen molar-refractivity contribution in [3.05, 3.63) is 12.2 Å². The van der Waals surface area contributed by atoms with Crippen LogP contribution in [0.15, 0.2) is 12.2 Å². The summed E-state index contributed by atoms with van der Waals surface area (Å²) in [6, 6.07) is 0. The van der Waals surface area contributed by atoms with Gasteiger partial charge in [0.2, 0.25) is 0 Å². The molecule has 0 heterocycles. The lowest BCUT2D eigenvalue weighted by Gasteiger charge is -2.16. The second-order valence-corrected chi connectivity index (χ2v) is 2.92. The molecule has 1 heteroatoms. The lowest BCUT2D eigenvalue weighted by Crippen LogP contribution is -2.12. The smallest absolute Gasteiger partial charge is 0.133 e. The third-order valence-corrected chi connectivity index (χ3v) is 1.99. The van der Waals surface area contributed by atoms with E-state index in [9.17, 15) is 4.79 Å². The van der Waals surface area contributed by atoms with Crippen molar-refractivity contribution in [3.63, 3.8) is 0 Å². The zero-order valence-electron chi connectivity index (χ0n) is 6.47. The van der Waals surface area contributed by atoms with Crippen LogP contribution in [0.1, 0.15) is 32.6 Å². The molecule has 1 saturated carbocycles. The normalized spacial score (nSPS) is 27.7. The van der Waals surface area contributed by atoms with Gasteiger partial charge in [0.25, 0.3) is 0 Å². The maximum absolute atomic E-state index is 10.9. The first-order chi connectivity index (χ1) is 4.83. The number of hydrogen-bond acceptors (Lipinski definition) is 1. The van der Waals surface area contributed by atoms with Crippen molar-refractivity contribution in [2.75, 3.05) is 0 Å². The van der Waals surface area contributed by atoms with E-state index in [1.54, 1.807) is 0 Å². The van der Waals surface area contributed by atoms with Gasteiger partial charge < -0.3 is 0 Å². The molecule has 0 spiro atoms. The van der Waals surface area contributed by atoms with E-state index in [2.05, 4.69) is 6.08 Å². The van der Waals surface area contributed by atoms with E-state index in [0.29, 0.717) is 11.7 Å². The van der Waals surface area contributed by atoms with Crippen molar-refractivity contribution in [1.82, 2.24) is 0 Å². The highest BCUT2D eigenvalue weighted by Gasteiger charge is 2.15. The molecule has 1 rings (SSSR count). The number of carbonyl (C=O) groups excluding carboxylic acids is 1. The summed E-state index contributed by atoms with van der Waals surface area (Å²) in [7, 11) is 0. The van der Waals surface area contributed by atoms with E-state index >= 15 is 0 Å². The van der Waals surface area contributed by atoms with E-state index < -0.39 is 0 Å². The van der Waals surface area contributed by atoms with Crippen molar-refractivity contribution in [2.45, 2.75) is 32.6 Å². The van der Waals surface area contributed by atoms with Crippen molar-refractivity contribution < 1.29 is 4.79 Å². The molecule has 1 atom stereocenters. The highest BCUT2D eigenvalue weighted by molar-refractivity contribution is 5.79. The van der Waals surface area contributed by atoms with Crippen LogP contribution in [0.3, 0.4) is 0 Å². The number of allylic oxidation sites excluding steroid dienone is 2. The number of rotatable bonds is 1. The second-order valence-electron chi connectivity index (χ2n) is 2.92. The molecule has 0 N–H and O–H groups in total.